The molecule has 0 bridgehead atoms. The summed E-state index contributed by atoms with van der Waals surface area (Å²) >= 11 is 6.25. The van der Waals surface area contributed by atoms with Gasteiger partial charge in [0.15, 0.2) is 0 Å². The number of benzene rings is 1. The highest BCUT2D eigenvalue weighted by molar-refractivity contribution is 6.31. The minimum atomic E-state index is 0.167. The Labute approximate surface area is 114 Å². The maximum Gasteiger partial charge on any atom is 0.0672 e. The molecule has 1 aromatic carbocycles. The largest absolute Gasteiger partial charge is 0.295 e. The van der Waals surface area contributed by atoms with Gasteiger partial charge in [0.25, 0.3) is 0 Å². The third kappa shape index (κ3) is 2.53. The number of halogens is 1. The Morgan fingerprint density at radius 1 is 1.39 bits per heavy atom. The Bertz CT molecular complexity index is 452. The van der Waals surface area contributed by atoms with Crippen LogP contribution >= 0.6 is 11.6 Å². The van der Waals surface area contributed by atoms with Crippen molar-refractivity contribution in [1.29, 1.82) is 5.26 Å². The van der Waals surface area contributed by atoms with Gasteiger partial charge in [0.2, 0.25) is 0 Å². The lowest BCUT2D eigenvalue weighted by molar-refractivity contribution is 0.167. The maximum absolute atomic E-state index is 9.19. The van der Waals surface area contributed by atoms with E-state index in [0.717, 1.165) is 29.8 Å². The van der Waals surface area contributed by atoms with Crippen molar-refractivity contribution < 1.29 is 0 Å². The molecule has 0 saturated heterocycles. The van der Waals surface area contributed by atoms with Crippen molar-refractivity contribution in [2.24, 2.45) is 5.92 Å². The van der Waals surface area contributed by atoms with Gasteiger partial charge in [0, 0.05) is 17.1 Å². The third-order valence-corrected chi connectivity index (χ3v) is 4.48. The Kier molecular flexibility index (Phi) is 4.27. The Balaban J connectivity index is 2.17. The second-order valence-corrected chi connectivity index (χ2v) is 5.50. The number of hydrogen-bond acceptors (Lipinski definition) is 2. The summed E-state index contributed by atoms with van der Waals surface area (Å²) in [6.07, 6.45) is 3.30. The van der Waals surface area contributed by atoms with Gasteiger partial charge in [-0.25, -0.2) is 0 Å². The lowest BCUT2D eigenvalue weighted by atomic mass is 10.00. The van der Waals surface area contributed by atoms with Crippen LogP contribution in [0.1, 0.15) is 37.8 Å². The molecule has 18 heavy (non-hydrogen) atoms. The van der Waals surface area contributed by atoms with Crippen LogP contribution in [-0.4, -0.2) is 18.0 Å². The summed E-state index contributed by atoms with van der Waals surface area (Å²) < 4.78 is 0. The van der Waals surface area contributed by atoms with Gasteiger partial charge in [-0.05, 0) is 38.4 Å². The molecule has 1 fully saturated rings. The molecule has 0 aromatic heterocycles. The molecule has 1 aliphatic rings. The highest BCUT2D eigenvalue weighted by Crippen LogP contribution is 2.35. The molecule has 0 aliphatic heterocycles. The smallest absolute Gasteiger partial charge is 0.0672 e. The van der Waals surface area contributed by atoms with Gasteiger partial charge in [-0.2, -0.15) is 5.26 Å². The SMILES string of the molecule is CC(c1ccccc1Cl)N(C)C1CCCC1C#N. The van der Waals surface area contributed by atoms with Crippen molar-refractivity contribution in [2.75, 3.05) is 7.05 Å². The number of nitriles is 1. The fourth-order valence-corrected chi connectivity index (χ4v) is 3.19. The molecular formula is C15H19ClN2. The minimum Gasteiger partial charge on any atom is -0.295 e. The Morgan fingerprint density at radius 2 is 2.11 bits per heavy atom. The molecule has 0 N–H and O–H groups in total. The van der Waals surface area contributed by atoms with E-state index in [-0.39, 0.29) is 12.0 Å². The Morgan fingerprint density at radius 3 is 2.78 bits per heavy atom. The second-order valence-electron chi connectivity index (χ2n) is 5.10. The zero-order chi connectivity index (χ0) is 13.1. The monoisotopic (exact) mass is 262 g/mol. The van der Waals surface area contributed by atoms with Gasteiger partial charge >= 0.3 is 0 Å². The fraction of sp³-hybridized carbons (Fsp3) is 0.533. The molecule has 96 valence electrons. The van der Waals surface area contributed by atoms with Crippen LogP contribution in [-0.2, 0) is 0 Å². The van der Waals surface area contributed by atoms with Crippen molar-refractivity contribution in [3.63, 3.8) is 0 Å². The zero-order valence-corrected chi connectivity index (χ0v) is 11.7. The van der Waals surface area contributed by atoms with Crippen molar-refractivity contribution in [3.8, 4) is 6.07 Å². The molecule has 1 aromatic rings. The van der Waals surface area contributed by atoms with Crippen LogP contribution < -0.4 is 0 Å². The molecule has 0 amide bonds. The van der Waals surface area contributed by atoms with Crippen molar-refractivity contribution in [3.05, 3.63) is 34.9 Å². The van der Waals surface area contributed by atoms with E-state index in [4.69, 9.17) is 11.6 Å². The normalized spacial score (nSPS) is 25.1. The third-order valence-electron chi connectivity index (χ3n) is 4.13. The van der Waals surface area contributed by atoms with E-state index < -0.39 is 0 Å². The van der Waals surface area contributed by atoms with E-state index in [0.29, 0.717) is 6.04 Å². The zero-order valence-electron chi connectivity index (χ0n) is 10.9. The lowest BCUT2D eigenvalue weighted by Gasteiger charge is -2.33. The van der Waals surface area contributed by atoms with Crippen LogP contribution in [0.3, 0.4) is 0 Å². The van der Waals surface area contributed by atoms with E-state index in [1.165, 1.54) is 0 Å². The van der Waals surface area contributed by atoms with Crippen LogP contribution in [0.25, 0.3) is 0 Å². The van der Waals surface area contributed by atoms with Crippen LogP contribution in [0.15, 0.2) is 24.3 Å². The molecule has 0 spiro atoms. The van der Waals surface area contributed by atoms with E-state index >= 15 is 0 Å². The summed E-state index contributed by atoms with van der Waals surface area (Å²) in [5.74, 6) is 0.167. The molecule has 2 nitrogen and oxygen atoms in total. The van der Waals surface area contributed by atoms with Gasteiger partial charge in [0.05, 0.1) is 12.0 Å². The lowest BCUT2D eigenvalue weighted by Crippen LogP contribution is -2.36. The minimum absolute atomic E-state index is 0.167. The second kappa shape index (κ2) is 5.73. The first kappa shape index (κ1) is 13.4. The summed E-state index contributed by atoms with van der Waals surface area (Å²) in [5, 5.41) is 10.00. The first-order valence-electron chi connectivity index (χ1n) is 6.51. The van der Waals surface area contributed by atoms with Gasteiger partial charge in [-0.1, -0.05) is 36.2 Å². The predicted octanol–water partition coefficient (Wildman–Crippen LogP) is 4.03. The van der Waals surface area contributed by atoms with Crippen LogP contribution in [0, 0.1) is 17.2 Å². The molecule has 1 aliphatic carbocycles. The average molecular weight is 263 g/mol. The Hall–Kier alpha value is -1.04. The summed E-state index contributed by atoms with van der Waals surface area (Å²) in [6, 6.07) is 11.0. The molecule has 2 rings (SSSR count). The van der Waals surface area contributed by atoms with E-state index in [2.05, 4.69) is 31.0 Å². The van der Waals surface area contributed by atoms with E-state index in [1.54, 1.807) is 0 Å². The summed E-state index contributed by atoms with van der Waals surface area (Å²) in [5.41, 5.74) is 1.14. The molecule has 0 heterocycles. The fourth-order valence-electron chi connectivity index (χ4n) is 2.90. The molecule has 3 atom stereocenters. The summed E-state index contributed by atoms with van der Waals surface area (Å²) in [7, 11) is 2.11. The highest BCUT2D eigenvalue weighted by Gasteiger charge is 2.33. The molecule has 3 heteroatoms. The van der Waals surface area contributed by atoms with E-state index in [1.807, 2.05) is 18.2 Å². The highest BCUT2D eigenvalue weighted by atomic mass is 35.5. The summed E-state index contributed by atoms with van der Waals surface area (Å²) in [4.78, 5) is 2.31. The van der Waals surface area contributed by atoms with Crippen molar-refractivity contribution >= 4 is 11.6 Å². The first-order chi connectivity index (χ1) is 8.65. The molecule has 0 radical (unpaired) electrons. The van der Waals surface area contributed by atoms with Crippen molar-refractivity contribution in [2.45, 2.75) is 38.3 Å². The maximum atomic E-state index is 9.19. The standard InChI is InChI=1S/C15H19ClN2/c1-11(13-7-3-4-8-14(13)16)18(2)15-9-5-6-12(15)10-17/h3-4,7-8,11-12,15H,5-6,9H2,1-2H3. The van der Waals surface area contributed by atoms with Crippen LogP contribution in [0.5, 0.6) is 0 Å². The summed E-state index contributed by atoms with van der Waals surface area (Å²) in [6.45, 7) is 2.16. The average Bonchev–Trinajstić information content (AvgIpc) is 2.86. The van der Waals surface area contributed by atoms with Gasteiger partial charge in [0.1, 0.15) is 0 Å². The molecule has 3 unspecified atom stereocenters. The topological polar surface area (TPSA) is 27.0 Å². The molecular weight excluding hydrogens is 244 g/mol. The number of rotatable bonds is 3. The quantitative estimate of drug-likeness (QED) is 0.823. The van der Waals surface area contributed by atoms with Crippen LogP contribution in [0.4, 0.5) is 0 Å². The van der Waals surface area contributed by atoms with Gasteiger partial charge in [-0.15, -0.1) is 0 Å². The van der Waals surface area contributed by atoms with Crippen molar-refractivity contribution in [1.82, 2.24) is 4.90 Å². The van der Waals surface area contributed by atoms with Gasteiger partial charge in [-0.3, -0.25) is 4.90 Å². The van der Waals surface area contributed by atoms with E-state index in [9.17, 15) is 5.26 Å². The molecule has 1 saturated carbocycles. The van der Waals surface area contributed by atoms with Gasteiger partial charge < -0.3 is 0 Å². The predicted molar refractivity (Wildman–Crippen MR) is 74.4 cm³/mol. The number of nitrogens with zero attached hydrogens (tertiary/aromatic N) is 2. The number of hydrogen-bond donors (Lipinski definition) is 0. The first-order valence-corrected chi connectivity index (χ1v) is 6.89. The van der Waals surface area contributed by atoms with Crippen LogP contribution in [0.2, 0.25) is 5.02 Å².